The highest BCUT2D eigenvalue weighted by Crippen LogP contribution is 2.31. The number of benzene rings is 4. The number of nitrogens with zero attached hydrogens (tertiary/aromatic N) is 2. The number of halogens is 3. The van der Waals surface area contributed by atoms with E-state index in [0.717, 1.165) is 9.87 Å². The Kier molecular flexibility index (Phi) is 10.9. The zero-order valence-corrected chi connectivity index (χ0v) is 27.4. The van der Waals surface area contributed by atoms with Crippen molar-refractivity contribution in [2.24, 2.45) is 0 Å². The van der Waals surface area contributed by atoms with Crippen LogP contribution in [0.1, 0.15) is 31.9 Å². The lowest BCUT2D eigenvalue weighted by atomic mass is 10.0. The monoisotopic (exact) mass is 669 g/mol. The minimum atomic E-state index is -4.32. The molecule has 236 valence electrons. The fourth-order valence-corrected chi connectivity index (χ4v) is 6.42. The first-order valence-corrected chi connectivity index (χ1v) is 16.4. The lowest BCUT2D eigenvalue weighted by Crippen LogP contribution is -2.56. The summed E-state index contributed by atoms with van der Waals surface area (Å²) in [6.45, 7) is 4.43. The van der Waals surface area contributed by atoms with Crippen LogP contribution in [0.3, 0.4) is 0 Å². The number of hydrogen-bond acceptors (Lipinski definition) is 4. The first kappa shape index (κ1) is 34.0. The Balaban J connectivity index is 1.84. The predicted molar refractivity (Wildman–Crippen MR) is 176 cm³/mol. The molecule has 7 nitrogen and oxygen atoms in total. The summed E-state index contributed by atoms with van der Waals surface area (Å²) in [4.78, 5) is 29.5. The van der Waals surface area contributed by atoms with Gasteiger partial charge in [0.1, 0.15) is 18.4 Å². The molecule has 4 aromatic carbocycles. The van der Waals surface area contributed by atoms with Crippen LogP contribution in [0.15, 0.2) is 108 Å². The van der Waals surface area contributed by atoms with E-state index in [0.29, 0.717) is 0 Å². The van der Waals surface area contributed by atoms with Gasteiger partial charge in [-0.2, -0.15) is 0 Å². The number of carbonyl (C=O) groups excluding carboxylic acids is 2. The molecule has 45 heavy (non-hydrogen) atoms. The van der Waals surface area contributed by atoms with Gasteiger partial charge in [0.05, 0.1) is 20.6 Å². The molecule has 0 fully saturated rings. The van der Waals surface area contributed by atoms with Gasteiger partial charge in [-0.25, -0.2) is 12.8 Å². The highest BCUT2D eigenvalue weighted by molar-refractivity contribution is 7.92. The number of rotatable bonds is 11. The molecular formula is C34H34Cl2FN3O4S. The van der Waals surface area contributed by atoms with E-state index in [1.165, 1.54) is 53.4 Å². The minimum Gasteiger partial charge on any atom is -0.350 e. The van der Waals surface area contributed by atoms with E-state index in [4.69, 9.17) is 23.2 Å². The Bertz CT molecular complexity index is 1750. The van der Waals surface area contributed by atoms with Crippen molar-refractivity contribution in [2.45, 2.75) is 50.2 Å². The number of amides is 2. The lowest BCUT2D eigenvalue weighted by Gasteiger charge is -2.35. The van der Waals surface area contributed by atoms with Gasteiger partial charge in [0, 0.05) is 24.1 Å². The molecule has 0 unspecified atom stereocenters. The fraction of sp³-hybridized carbons (Fsp3) is 0.235. The van der Waals surface area contributed by atoms with Gasteiger partial charge in [-0.3, -0.25) is 13.9 Å². The molecule has 4 rings (SSSR count). The third-order valence-electron chi connectivity index (χ3n) is 6.87. The smallest absolute Gasteiger partial charge is 0.264 e. The molecule has 0 heterocycles. The average molecular weight is 671 g/mol. The summed E-state index contributed by atoms with van der Waals surface area (Å²) >= 11 is 12.4. The van der Waals surface area contributed by atoms with Gasteiger partial charge in [0.2, 0.25) is 11.8 Å². The molecule has 4 aromatic rings. The van der Waals surface area contributed by atoms with E-state index < -0.39 is 45.8 Å². The van der Waals surface area contributed by atoms with Crippen LogP contribution in [0.5, 0.6) is 0 Å². The van der Waals surface area contributed by atoms with E-state index in [1.54, 1.807) is 24.3 Å². The van der Waals surface area contributed by atoms with Gasteiger partial charge in [-0.15, -0.1) is 0 Å². The van der Waals surface area contributed by atoms with Crippen molar-refractivity contribution < 1.29 is 22.4 Å². The molecule has 0 aliphatic heterocycles. The summed E-state index contributed by atoms with van der Waals surface area (Å²) in [7, 11) is -4.32. The van der Waals surface area contributed by atoms with E-state index in [2.05, 4.69) is 5.32 Å². The van der Waals surface area contributed by atoms with Crippen LogP contribution in [-0.4, -0.2) is 43.3 Å². The number of sulfonamides is 1. The number of nitrogens with one attached hydrogen (secondary N) is 1. The maximum Gasteiger partial charge on any atom is 0.264 e. The van der Waals surface area contributed by atoms with Crippen molar-refractivity contribution in [3.63, 3.8) is 0 Å². The summed E-state index contributed by atoms with van der Waals surface area (Å²) < 4.78 is 44.0. The Morgan fingerprint density at radius 3 is 2.04 bits per heavy atom. The van der Waals surface area contributed by atoms with Crippen molar-refractivity contribution in [1.29, 1.82) is 0 Å². The van der Waals surface area contributed by atoms with Crippen LogP contribution < -0.4 is 9.62 Å². The molecule has 0 saturated heterocycles. The standard InChI is InChI=1S/C34H34Cl2FN3O4S/c1-34(2,3)38-33(42)31(20-24-12-6-4-7-13-24)39(22-25-14-10-11-17-30(25)37)32(41)23-40(26-18-19-28(35)29(36)21-26)45(43,44)27-15-8-5-9-16-27/h4-19,21,31H,20,22-23H2,1-3H3,(H,38,42)/t31-/m1/s1. The van der Waals surface area contributed by atoms with Crippen LogP contribution in [0.2, 0.25) is 10.0 Å². The summed E-state index contributed by atoms with van der Waals surface area (Å²) in [6, 6.07) is 25.8. The molecule has 0 aliphatic rings. The van der Waals surface area contributed by atoms with Gasteiger partial charge in [-0.05, 0) is 62.7 Å². The quantitative estimate of drug-likeness (QED) is 0.189. The van der Waals surface area contributed by atoms with Gasteiger partial charge >= 0.3 is 0 Å². The maximum atomic E-state index is 15.0. The normalized spacial score (nSPS) is 12.3. The minimum absolute atomic E-state index is 0.0594. The zero-order chi connectivity index (χ0) is 32.8. The fourth-order valence-electron chi connectivity index (χ4n) is 4.71. The zero-order valence-electron chi connectivity index (χ0n) is 25.1. The van der Waals surface area contributed by atoms with Gasteiger partial charge in [-0.1, -0.05) is 89.9 Å². The first-order chi connectivity index (χ1) is 21.3. The van der Waals surface area contributed by atoms with Crippen LogP contribution in [-0.2, 0) is 32.6 Å². The molecule has 2 amide bonds. The van der Waals surface area contributed by atoms with Crippen LogP contribution in [0.25, 0.3) is 0 Å². The maximum absolute atomic E-state index is 15.0. The largest absolute Gasteiger partial charge is 0.350 e. The van der Waals surface area contributed by atoms with Crippen molar-refractivity contribution in [3.05, 3.63) is 130 Å². The molecule has 0 bridgehead atoms. The predicted octanol–water partition coefficient (Wildman–Crippen LogP) is 6.88. The SMILES string of the molecule is CC(C)(C)NC(=O)[C@@H](Cc1ccccc1)N(Cc1ccccc1F)C(=O)CN(c1ccc(Cl)c(Cl)c1)S(=O)(=O)c1ccccc1. The van der Waals surface area contributed by atoms with Crippen LogP contribution in [0, 0.1) is 5.82 Å². The third kappa shape index (κ3) is 8.84. The Morgan fingerprint density at radius 1 is 0.844 bits per heavy atom. The van der Waals surface area contributed by atoms with E-state index in [1.807, 2.05) is 51.1 Å². The molecule has 0 aliphatic carbocycles. The van der Waals surface area contributed by atoms with E-state index in [-0.39, 0.29) is 39.2 Å². The van der Waals surface area contributed by atoms with Gasteiger partial charge in [0.15, 0.2) is 0 Å². The summed E-state index contributed by atoms with van der Waals surface area (Å²) in [5, 5.41) is 3.23. The molecule has 1 atom stereocenters. The molecule has 0 radical (unpaired) electrons. The summed E-state index contributed by atoms with van der Waals surface area (Å²) in [5.41, 5.74) is 0.364. The van der Waals surface area contributed by atoms with Crippen LogP contribution in [0.4, 0.5) is 10.1 Å². The van der Waals surface area contributed by atoms with Crippen molar-refractivity contribution in [2.75, 3.05) is 10.8 Å². The number of anilines is 1. The molecule has 11 heteroatoms. The van der Waals surface area contributed by atoms with E-state index >= 15 is 4.39 Å². The van der Waals surface area contributed by atoms with E-state index in [9.17, 15) is 18.0 Å². The summed E-state index contributed by atoms with van der Waals surface area (Å²) in [5.74, 6) is -1.76. The Labute approximate surface area is 273 Å². The second-order valence-corrected chi connectivity index (χ2v) is 14.2. The first-order valence-electron chi connectivity index (χ1n) is 14.2. The molecule has 0 aromatic heterocycles. The second-order valence-electron chi connectivity index (χ2n) is 11.5. The Hall–Kier alpha value is -3.92. The number of carbonyl (C=O) groups is 2. The number of hydrogen-bond donors (Lipinski definition) is 1. The molecule has 1 N–H and O–H groups in total. The van der Waals surface area contributed by atoms with Crippen LogP contribution >= 0.6 is 23.2 Å². The van der Waals surface area contributed by atoms with Crippen molar-refractivity contribution >= 4 is 50.7 Å². The molecule has 0 saturated carbocycles. The van der Waals surface area contributed by atoms with Crippen molar-refractivity contribution in [3.8, 4) is 0 Å². The summed E-state index contributed by atoms with van der Waals surface area (Å²) in [6.07, 6.45) is 0.0984. The highest BCUT2D eigenvalue weighted by atomic mass is 35.5. The topological polar surface area (TPSA) is 86.8 Å². The highest BCUT2D eigenvalue weighted by Gasteiger charge is 2.36. The molecular weight excluding hydrogens is 636 g/mol. The second kappa shape index (κ2) is 14.5. The third-order valence-corrected chi connectivity index (χ3v) is 9.40. The van der Waals surface area contributed by atoms with Gasteiger partial charge in [0.25, 0.3) is 10.0 Å². The average Bonchev–Trinajstić information content (AvgIpc) is 3.00. The Morgan fingerprint density at radius 2 is 1.44 bits per heavy atom. The molecule has 0 spiro atoms. The van der Waals surface area contributed by atoms with Gasteiger partial charge < -0.3 is 10.2 Å². The lowest BCUT2D eigenvalue weighted by molar-refractivity contribution is -0.140. The van der Waals surface area contributed by atoms with Crippen molar-refractivity contribution in [1.82, 2.24) is 10.2 Å².